The van der Waals surface area contributed by atoms with Gasteiger partial charge in [-0.05, 0) is 41.8 Å². The Morgan fingerprint density at radius 1 is 1.17 bits per heavy atom. The van der Waals surface area contributed by atoms with E-state index in [1.165, 1.54) is 23.5 Å². The molecule has 0 spiro atoms. The Bertz CT molecular complexity index is 1110. The van der Waals surface area contributed by atoms with Crippen molar-refractivity contribution in [3.63, 3.8) is 0 Å². The molecule has 0 aliphatic carbocycles. The van der Waals surface area contributed by atoms with Crippen molar-refractivity contribution in [2.24, 2.45) is 5.10 Å². The maximum atomic E-state index is 13.2. The third kappa shape index (κ3) is 4.60. The molecule has 0 atom stereocenters. The smallest absolute Gasteiger partial charge is 0.256 e. The number of carbonyl (C=O) groups is 1. The summed E-state index contributed by atoms with van der Waals surface area (Å²) in [5.74, 6) is 0.130. The largest absolute Gasteiger partial charge is 0.489 e. The van der Waals surface area contributed by atoms with Crippen LogP contribution in [0.15, 0.2) is 81.4 Å². The molecule has 0 unspecified atom stereocenters. The van der Waals surface area contributed by atoms with E-state index in [4.69, 9.17) is 4.74 Å². The molecule has 2 N–H and O–H groups in total. The highest BCUT2D eigenvalue weighted by Crippen LogP contribution is 2.28. The molecule has 5 nitrogen and oxygen atoms in total. The van der Waals surface area contributed by atoms with Gasteiger partial charge in [-0.3, -0.25) is 10.2 Å². The maximum absolute atomic E-state index is 13.2. The summed E-state index contributed by atoms with van der Waals surface area (Å²) in [7, 11) is 0. The van der Waals surface area contributed by atoms with Crippen LogP contribution in [0.25, 0.3) is 5.57 Å². The molecule has 2 aromatic carbocycles. The zero-order valence-corrected chi connectivity index (χ0v) is 18.1. The SMILES string of the molecule is O=C1NCC(OCC(=NNc2ccc(F)cc2)c2ccccc2Br)=C1c1cccs1. The lowest BCUT2D eigenvalue weighted by Crippen LogP contribution is -2.18. The van der Waals surface area contributed by atoms with Crippen LogP contribution in [0.2, 0.25) is 0 Å². The number of nitrogens with one attached hydrogen (secondary N) is 2. The van der Waals surface area contributed by atoms with Crippen LogP contribution in [0, 0.1) is 5.82 Å². The summed E-state index contributed by atoms with van der Waals surface area (Å²) in [6.07, 6.45) is 0. The van der Waals surface area contributed by atoms with Crippen molar-refractivity contribution in [1.29, 1.82) is 0 Å². The molecule has 152 valence electrons. The highest BCUT2D eigenvalue weighted by atomic mass is 79.9. The number of amides is 1. The molecule has 2 heterocycles. The maximum Gasteiger partial charge on any atom is 0.256 e. The monoisotopic (exact) mass is 485 g/mol. The minimum atomic E-state index is -0.315. The lowest BCUT2D eigenvalue weighted by molar-refractivity contribution is -0.114. The molecule has 0 fully saturated rings. The van der Waals surface area contributed by atoms with Gasteiger partial charge in [-0.1, -0.05) is 40.2 Å². The summed E-state index contributed by atoms with van der Waals surface area (Å²) in [5.41, 5.74) is 5.63. The van der Waals surface area contributed by atoms with Crippen molar-refractivity contribution in [1.82, 2.24) is 5.32 Å². The van der Waals surface area contributed by atoms with E-state index in [2.05, 4.69) is 31.8 Å². The van der Waals surface area contributed by atoms with Crippen LogP contribution >= 0.6 is 27.3 Å². The van der Waals surface area contributed by atoms with Gasteiger partial charge >= 0.3 is 0 Å². The molecule has 1 aromatic heterocycles. The van der Waals surface area contributed by atoms with Gasteiger partial charge in [-0.25, -0.2) is 4.39 Å². The van der Waals surface area contributed by atoms with Crippen molar-refractivity contribution in [3.05, 3.63) is 92.5 Å². The topological polar surface area (TPSA) is 62.7 Å². The molecular formula is C22H17BrFN3O2S. The lowest BCUT2D eigenvalue weighted by atomic mass is 10.1. The van der Waals surface area contributed by atoms with Crippen LogP contribution in [0.3, 0.4) is 0 Å². The molecule has 0 saturated carbocycles. The second kappa shape index (κ2) is 9.23. The number of hydrogen-bond donors (Lipinski definition) is 2. The van der Waals surface area contributed by atoms with E-state index in [9.17, 15) is 9.18 Å². The summed E-state index contributed by atoms with van der Waals surface area (Å²) in [6.45, 7) is 0.483. The van der Waals surface area contributed by atoms with Gasteiger partial charge in [0.25, 0.3) is 5.91 Å². The highest BCUT2D eigenvalue weighted by Gasteiger charge is 2.26. The molecule has 4 rings (SSSR count). The number of ether oxygens (including phenoxy) is 1. The first kappa shape index (κ1) is 20.3. The second-order valence-electron chi connectivity index (χ2n) is 6.40. The van der Waals surface area contributed by atoms with Gasteiger partial charge < -0.3 is 10.1 Å². The summed E-state index contributed by atoms with van der Waals surface area (Å²) in [5, 5.41) is 9.22. The Balaban J connectivity index is 1.60. The summed E-state index contributed by atoms with van der Waals surface area (Å²) in [6, 6.07) is 17.4. The number of hydrazone groups is 1. The van der Waals surface area contributed by atoms with Crippen LogP contribution < -0.4 is 10.7 Å². The number of hydrogen-bond acceptors (Lipinski definition) is 5. The van der Waals surface area contributed by atoms with Gasteiger partial charge in [0.15, 0.2) is 0 Å². The Kier molecular flexibility index (Phi) is 6.25. The molecule has 0 radical (unpaired) electrons. The van der Waals surface area contributed by atoms with Crippen LogP contribution in [0.1, 0.15) is 10.4 Å². The minimum Gasteiger partial charge on any atom is -0.489 e. The zero-order chi connectivity index (χ0) is 20.9. The fourth-order valence-corrected chi connectivity index (χ4v) is 4.23. The van der Waals surface area contributed by atoms with E-state index in [0.717, 1.165) is 14.9 Å². The van der Waals surface area contributed by atoms with E-state index >= 15 is 0 Å². The van der Waals surface area contributed by atoms with Crippen LogP contribution in [-0.4, -0.2) is 24.8 Å². The molecule has 0 bridgehead atoms. The summed E-state index contributed by atoms with van der Waals surface area (Å²) >= 11 is 5.04. The number of benzene rings is 2. The minimum absolute atomic E-state index is 0.142. The van der Waals surface area contributed by atoms with E-state index in [1.54, 1.807) is 12.1 Å². The third-order valence-corrected chi connectivity index (χ3v) is 5.99. The molecule has 8 heteroatoms. The second-order valence-corrected chi connectivity index (χ2v) is 8.21. The van der Waals surface area contributed by atoms with Crippen LogP contribution in [0.4, 0.5) is 10.1 Å². The average Bonchev–Trinajstić information content (AvgIpc) is 3.39. The number of nitrogens with zero attached hydrogens (tertiary/aromatic N) is 1. The van der Waals surface area contributed by atoms with Crippen molar-refractivity contribution < 1.29 is 13.9 Å². The third-order valence-electron chi connectivity index (χ3n) is 4.42. The lowest BCUT2D eigenvalue weighted by Gasteiger charge is -2.13. The van der Waals surface area contributed by atoms with Crippen LogP contribution in [0.5, 0.6) is 0 Å². The number of anilines is 1. The van der Waals surface area contributed by atoms with Crippen molar-refractivity contribution in [3.8, 4) is 0 Å². The summed E-state index contributed by atoms with van der Waals surface area (Å²) in [4.78, 5) is 13.1. The predicted molar refractivity (Wildman–Crippen MR) is 121 cm³/mol. The van der Waals surface area contributed by atoms with Crippen LogP contribution in [-0.2, 0) is 9.53 Å². The first-order valence-corrected chi connectivity index (χ1v) is 10.8. The van der Waals surface area contributed by atoms with E-state index in [1.807, 2.05) is 41.8 Å². The Labute approximate surface area is 185 Å². The molecule has 1 amide bonds. The number of halogens is 2. The van der Waals surface area contributed by atoms with E-state index in [0.29, 0.717) is 29.3 Å². The van der Waals surface area contributed by atoms with E-state index < -0.39 is 0 Å². The van der Waals surface area contributed by atoms with Crippen molar-refractivity contribution in [2.45, 2.75) is 0 Å². The highest BCUT2D eigenvalue weighted by molar-refractivity contribution is 9.10. The fraction of sp³-hybridized carbons (Fsp3) is 0.0909. The van der Waals surface area contributed by atoms with Gasteiger partial charge in [0.2, 0.25) is 0 Å². The molecule has 1 aliphatic heterocycles. The molecule has 0 saturated heterocycles. The molecule has 1 aliphatic rings. The predicted octanol–water partition coefficient (Wildman–Crippen LogP) is 5.02. The Morgan fingerprint density at radius 3 is 2.70 bits per heavy atom. The van der Waals surface area contributed by atoms with E-state index in [-0.39, 0.29) is 18.3 Å². The molecular weight excluding hydrogens is 469 g/mol. The fourth-order valence-electron chi connectivity index (χ4n) is 2.93. The van der Waals surface area contributed by atoms with Gasteiger partial charge in [0.05, 0.1) is 17.8 Å². The Morgan fingerprint density at radius 2 is 1.97 bits per heavy atom. The average molecular weight is 486 g/mol. The number of carbonyl (C=O) groups excluding carboxylic acids is 1. The molecule has 30 heavy (non-hydrogen) atoms. The summed E-state index contributed by atoms with van der Waals surface area (Å²) < 4.78 is 20.1. The van der Waals surface area contributed by atoms with Gasteiger partial charge in [-0.2, -0.15) is 5.10 Å². The molecule has 3 aromatic rings. The standard InChI is InChI=1S/C22H17BrFN3O2S/c23-17-5-2-1-4-16(17)18(27-26-15-9-7-14(24)8-10-15)13-29-19-12-25-22(28)21(19)20-6-3-11-30-20/h1-11,26H,12-13H2,(H,25,28). The van der Waals surface area contributed by atoms with Gasteiger partial charge in [-0.15, -0.1) is 11.3 Å². The zero-order valence-electron chi connectivity index (χ0n) is 15.7. The number of thiophene rings is 1. The Hall–Kier alpha value is -2.97. The van der Waals surface area contributed by atoms with Crippen molar-refractivity contribution in [2.75, 3.05) is 18.6 Å². The first-order chi connectivity index (χ1) is 14.6. The van der Waals surface area contributed by atoms with Crippen molar-refractivity contribution >= 4 is 50.1 Å². The van der Waals surface area contributed by atoms with Gasteiger partial charge in [0.1, 0.15) is 23.9 Å². The first-order valence-electron chi connectivity index (χ1n) is 9.13. The normalized spacial score (nSPS) is 14.1. The quantitative estimate of drug-likeness (QED) is 0.364. The van der Waals surface area contributed by atoms with Gasteiger partial charge in [0, 0.05) is 14.9 Å². The number of rotatable bonds is 7.